The van der Waals surface area contributed by atoms with E-state index in [0.29, 0.717) is 76.4 Å². The number of allylic oxidation sites excluding steroid dienone is 4. The Balaban J connectivity index is 1.32. The van der Waals surface area contributed by atoms with E-state index in [4.69, 9.17) is 20.9 Å². The fourth-order valence-electron chi connectivity index (χ4n) is 6.75. The van der Waals surface area contributed by atoms with Crippen LogP contribution in [0.5, 0.6) is 5.75 Å². The number of halogens is 1. The van der Waals surface area contributed by atoms with E-state index >= 15 is 0 Å². The fraction of sp³-hybridized carbons (Fsp3) is 0.325. The lowest BCUT2D eigenvalue weighted by Crippen LogP contribution is -2.23. The highest BCUT2D eigenvalue weighted by Gasteiger charge is 2.25. The van der Waals surface area contributed by atoms with E-state index in [2.05, 4.69) is 20.3 Å². The summed E-state index contributed by atoms with van der Waals surface area (Å²) < 4.78 is 20.7. The molecule has 0 bridgehead atoms. The van der Waals surface area contributed by atoms with Gasteiger partial charge in [-0.3, -0.25) is 19.8 Å². The molecule has 10 nitrogen and oxygen atoms in total. The first-order chi connectivity index (χ1) is 24.7. The van der Waals surface area contributed by atoms with Crippen LogP contribution in [0.4, 0.5) is 10.1 Å². The van der Waals surface area contributed by atoms with Crippen LogP contribution in [0, 0.1) is 17.1 Å². The number of hydrogen-bond donors (Lipinski definition) is 4. The van der Waals surface area contributed by atoms with Crippen molar-refractivity contribution in [1.82, 2.24) is 19.9 Å². The summed E-state index contributed by atoms with van der Waals surface area (Å²) in [4.78, 5) is 32.3. The van der Waals surface area contributed by atoms with Crippen molar-refractivity contribution in [3.63, 3.8) is 0 Å². The zero-order valence-corrected chi connectivity index (χ0v) is 29.4. The van der Waals surface area contributed by atoms with Crippen LogP contribution >= 0.6 is 0 Å². The average molecular weight is 689 g/mol. The zero-order chi connectivity index (χ0) is 35.9. The molecular formula is C40H45FN8O2. The first-order valence-corrected chi connectivity index (χ1v) is 17.5. The molecule has 6 rings (SSSR count). The normalized spacial score (nSPS) is 17.4. The minimum absolute atomic E-state index is 0.00344. The number of amides is 1. The van der Waals surface area contributed by atoms with Gasteiger partial charge < -0.3 is 31.1 Å². The van der Waals surface area contributed by atoms with Crippen LogP contribution in [0.1, 0.15) is 56.7 Å². The second-order valence-corrected chi connectivity index (χ2v) is 13.4. The van der Waals surface area contributed by atoms with Gasteiger partial charge in [0.1, 0.15) is 18.2 Å². The van der Waals surface area contributed by atoms with Crippen molar-refractivity contribution in [2.75, 3.05) is 39.1 Å². The number of carbonyl (C=O) groups excluding carboxylic acids is 1. The van der Waals surface area contributed by atoms with Crippen molar-refractivity contribution >= 4 is 39.5 Å². The first-order valence-electron chi connectivity index (χ1n) is 17.5. The molecule has 4 heterocycles. The third kappa shape index (κ3) is 8.49. The highest BCUT2D eigenvalue weighted by Crippen LogP contribution is 2.34. The number of benzene rings is 1. The van der Waals surface area contributed by atoms with Crippen molar-refractivity contribution in [3.05, 3.63) is 102 Å². The topological polar surface area (TPSA) is 145 Å². The van der Waals surface area contributed by atoms with Crippen LogP contribution < -0.4 is 15.8 Å². The number of nitrogens with zero attached hydrogens (tertiary/aromatic N) is 4. The lowest BCUT2D eigenvalue weighted by Gasteiger charge is -2.21. The summed E-state index contributed by atoms with van der Waals surface area (Å²) >= 11 is 0. The standard InChI is InChI=1S/C40H45FN8O2/c1-4-26(28-16-30(23-44-22-28)47-38(50)14-25-8-6-5-7-9-25)18-32-34(21-42)35(43)24-46-40(32)37-20-33-36(48-37)10-11-45-39(33)27-15-29(41)19-31(17-27)51-13-12-49(2)3/h4,10-11,15-23,25,43,48H,5-9,12-14,24,42H2,1-3H3,(H,47,50)/b26-4?,32-18+,34-21+,43-35?. The molecule has 11 heteroatoms. The maximum absolute atomic E-state index is 14.8. The van der Waals surface area contributed by atoms with Gasteiger partial charge in [0.25, 0.3) is 0 Å². The number of pyridine rings is 2. The number of aromatic nitrogens is 3. The molecule has 1 amide bonds. The van der Waals surface area contributed by atoms with Crippen LogP contribution in [0.3, 0.4) is 0 Å². The van der Waals surface area contributed by atoms with Gasteiger partial charge in [0, 0.05) is 70.8 Å². The lowest BCUT2D eigenvalue weighted by molar-refractivity contribution is -0.117. The molecule has 1 aromatic carbocycles. The number of H-pyrrole nitrogens is 1. The van der Waals surface area contributed by atoms with E-state index in [-0.39, 0.29) is 12.5 Å². The Morgan fingerprint density at radius 2 is 1.96 bits per heavy atom. The number of hydrogen-bond acceptors (Lipinski definition) is 8. The van der Waals surface area contributed by atoms with Gasteiger partial charge in [-0.25, -0.2) is 4.39 Å². The molecule has 0 unspecified atom stereocenters. The Bertz CT molecular complexity index is 2050. The van der Waals surface area contributed by atoms with E-state index in [9.17, 15) is 9.18 Å². The second-order valence-electron chi connectivity index (χ2n) is 13.4. The van der Waals surface area contributed by atoms with Gasteiger partial charge in [-0.1, -0.05) is 25.3 Å². The molecule has 51 heavy (non-hydrogen) atoms. The number of fused-ring (bicyclic) bond motifs is 1. The van der Waals surface area contributed by atoms with Gasteiger partial charge in [-0.05, 0) is 81.8 Å². The van der Waals surface area contributed by atoms with E-state index < -0.39 is 5.82 Å². The van der Waals surface area contributed by atoms with Crippen LogP contribution in [0.15, 0.2) is 89.5 Å². The first kappa shape index (κ1) is 35.4. The number of nitrogens with one attached hydrogen (secondary N) is 3. The summed E-state index contributed by atoms with van der Waals surface area (Å²) in [6.07, 6.45) is 16.8. The summed E-state index contributed by atoms with van der Waals surface area (Å²) in [5, 5.41) is 12.5. The Morgan fingerprint density at radius 1 is 1.14 bits per heavy atom. The molecule has 1 saturated carbocycles. The number of aromatic amines is 1. The maximum atomic E-state index is 14.8. The minimum Gasteiger partial charge on any atom is -0.492 e. The number of rotatable bonds is 11. The van der Waals surface area contributed by atoms with Gasteiger partial charge in [-0.15, -0.1) is 0 Å². The molecule has 3 aromatic heterocycles. The predicted molar refractivity (Wildman–Crippen MR) is 203 cm³/mol. The quantitative estimate of drug-likeness (QED) is 0.130. The van der Waals surface area contributed by atoms with E-state index in [1.165, 1.54) is 37.6 Å². The van der Waals surface area contributed by atoms with E-state index in [0.717, 1.165) is 34.9 Å². The molecule has 1 fully saturated rings. The summed E-state index contributed by atoms with van der Waals surface area (Å²) in [5.74, 6) is 0.451. The molecule has 0 spiro atoms. The number of likely N-dealkylation sites (N-methyl/N-ethyl adjacent to an activating group) is 1. The monoisotopic (exact) mass is 688 g/mol. The largest absolute Gasteiger partial charge is 0.492 e. The average Bonchev–Trinajstić information content (AvgIpc) is 3.55. The predicted octanol–water partition coefficient (Wildman–Crippen LogP) is 7.31. The Kier molecular flexibility index (Phi) is 11.2. The third-order valence-electron chi connectivity index (χ3n) is 9.35. The number of nitrogens with two attached hydrogens (primary N) is 1. The number of carbonyl (C=O) groups is 1. The fourth-order valence-corrected chi connectivity index (χ4v) is 6.75. The highest BCUT2D eigenvalue weighted by atomic mass is 19.1. The Morgan fingerprint density at radius 3 is 2.73 bits per heavy atom. The van der Waals surface area contributed by atoms with E-state index in [1.54, 1.807) is 24.7 Å². The van der Waals surface area contributed by atoms with Gasteiger partial charge in [-0.2, -0.15) is 0 Å². The Hall–Kier alpha value is -5.42. The summed E-state index contributed by atoms with van der Waals surface area (Å²) in [6.45, 7) is 3.20. The van der Waals surface area contributed by atoms with Crippen molar-refractivity contribution in [2.45, 2.75) is 45.4 Å². The molecule has 264 valence electrons. The zero-order valence-electron chi connectivity index (χ0n) is 29.4. The van der Waals surface area contributed by atoms with Crippen LogP contribution in [0.25, 0.3) is 27.7 Å². The lowest BCUT2D eigenvalue weighted by atomic mass is 9.87. The molecule has 1 aliphatic carbocycles. The maximum Gasteiger partial charge on any atom is 0.224 e. The number of aliphatic imine (C=N–C) groups is 1. The van der Waals surface area contributed by atoms with Crippen LogP contribution in [-0.2, 0) is 4.79 Å². The van der Waals surface area contributed by atoms with Gasteiger partial charge >= 0.3 is 0 Å². The van der Waals surface area contributed by atoms with Gasteiger partial charge in [0.05, 0.1) is 41.2 Å². The number of anilines is 1. The van der Waals surface area contributed by atoms with Crippen molar-refractivity contribution in [3.8, 4) is 17.0 Å². The molecule has 2 aliphatic rings. The molecule has 0 atom stereocenters. The second kappa shape index (κ2) is 16.1. The minimum atomic E-state index is -0.416. The van der Waals surface area contributed by atoms with Crippen molar-refractivity contribution in [2.24, 2.45) is 16.6 Å². The van der Waals surface area contributed by atoms with Crippen LogP contribution in [-0.4, -0.2) is 71.0 Å². The highest BCUT2D eigenvalue weighted by molar-refractivity contribution is 6.26. The third-order valence-corrected chi connectivity index (χ3v) is 9.35. The van der Waals surface area contributed by atoms with Crippen molar-refractivity contribution in [1.29, 1.82) is 5.41 Å². The Labute approximate surface area is 297 Å². The summed E-state index contributed by atoms with van der Waals surface area (Å²) in [5.41, 5.74) is 13.2. The summed E-state index contributed by atoms with van der Waals surface area (Å²) in [7, 11) is 3.91. The number of ether oxygens (including phenoxy) is 1. The smallest absolute Gasteiger partial charge is 0.224 e. The molecule has 1 aliphatic heterocycles. The summed E-state index contributed by atoms with van der Waals surface area (Å²) in [6, 6.07) is 10.3. The molecule has 0 radical (unpaired) electrons. The SMILES string of the molecule is CC=C(/C=C1/C(c2cc3c(-c4cc(F)cc(OCCN(C)C)c4)nccc3[nH]2)=NCC(=N)/C1=C/N)c1cncc(NC(=O)CC2CCCCC2)c1. The van der Waals surface area contributed by atoms with E-state index in [1.807, 2.05) is 56.3 Å². The van der Waals surface area contributed by atoms with Gasteiger partial charge in [0.15, 0.2) is 0 Å². The van der Waals surface area contributed by atoms with Crippen molar-refractivity contribution < 1.29 is 13.9 Å². The van der Waals surface area contributed by atoms with Crippen LogP contribution in [0.2, 0.25) is 0 Å². The molecule has 5 N–H and O–H groups in total. The molecular weight excluding hydrogens is 643 g/mol. The molecule has 4 aromatic rings. The molecule has 0 saturated heterocycles. The van der Waals surface area contributed by atoms with Gasteiger partial charge in [0.2, 0.25) is 5.91 Å².